The van der Waals surface area contributed by atoms with Gasteiger partial charge in [0.1, 0.15) is 0 Å². The van der Waals surface area contributed by atoms with Gasteiger partial charge in [-0.2, -0.15) is 0 Å². The lowest BCUT2D eigenvalue weighted by atomic mass is 9.44. The third kappa shape index (κ3) is 3.00. The first-order valence-corrected chi connectivity index (χ1v) is 11.2. The highest BCUT2D eigenvalue weighted by Gasteiger charge is 2.59. The standard InChI is InChI=1S/C23H41NO/c1-16(2)24-15-23(25)13-12-22(4)17(14-23)7-8-18-19-6-5-10-21(19,3)11-9-20(18)22/h16-20,24-25H,5-15H2,1-4H3/t17?,18?,19?,20?,21-,22+,23?/m0/s1. The summed E-state index contributed by atoms with van der Waals surface area (Å²) in [5, 5.41) is 14.7. The molecule has 4 fully saturated rings. The number of rotatable bonds is 3. The number of nitrogens with one attached hydrogen (secondary N) is 1. The van der Waals surface area contributed by atoms with Crippen LogP contribution < -0.4 is 5.32 Å². The summed E-state index contributed by atoms with van der Waals surface area (Å²) in [4.78, 5) is 0. The summed E-state index contributed by atoms with van der Waals surface area (Å²) in [7, 11) is 0. The quantitative estimate of drug-likeness (QED) is 0.740. The second-order valence-electron chi connectivity index (χ2n) is 11.2. The lowest BCUT2D eigenvalue weighted by molar-refractivity contribution is -0.146. The molecule has 2 heteroatoms. The van der Waals surface area contributed by atoms with E-state index in [4.69, 9.17) is 0 Å². The Balaban J connectivity index is 1.50. The fraction of sp³-hybridized carbons (Fsp3) is 1.00. The van der Waals surface area contributed by atoms with E-state index in [2.05, 4.69) is 33.0 Å². The van der Waals surface area contributed by atoms with Gasteiger partial charge >= 0.3 is 0 Å². The van der Waals surface area contributed by atoms with E-state index in [-0.39, 0.29) is 0 Å². The SMILES string of the molecule is CC(C)NCC1(O)CC[C@]2(C)C(CCC3C4CCC[C@@]4(C)CCC32)C1. The summed E-state index contributed by atoms with van der Waals surface area (Å²) >= 11 is 0. The zero-order valence-electron chi connectivity index (χ0n) is 17.1. The van der Waals surface area contributed by atoms with Crippen molar-refractivity contribution in [1.82, 2.24) is 5.32 Å². The molecule has 4 aliphatic rings. The van der Waals surface area contributed by atoms with Crippen LogP contribution in [0, 0.1) is 34.5 Å². The average Bonchev–Trinajstić information content (AvgIpc) is 2.96. The highest BCUT2D eigenvalue weighted by molar-refractivity contribution is 5.09. The molecule has 144 valence electrons. The van der Waals surface area contributed by atoms with E-state index in [9.17, 15) is 5.11 Å². The Morgan fingerprint density at radius 2 is 1.76 bits per heavy atom. The first-order chi connectivity index (χ1) is 11.8. The number of hydrogen-bond acceptors (Lipinski definition) is 2. The third-order valence-corrected chi connectivity index (χ3v) is 9.44. The van der Waals surface area contributed by atoms with Crippen LogP contribution in [0.4, 0.5) is 0 Å². The molecule has 0 aliphatic heterocycles. The second-order valence-corrected chi connectivity index (χ2v) is 11.2. The van der Waals surface area contributed by atoms with E-state index >= 15 is 0 Å². The van der Waals surface area contributed by atoms with Crippen LogP contribution in [0.1, 0.15) is 91.9 Å². The van der Waals surface area contributed by atoms with Crippen LogP contribution in [-0.4, -0.2) is 23.3 Å². The molecule has 4 aliphatic carbocycles. The molecular weight excluding hydrogens is 306 g/mol. The molecular formula is C23H41NO. The van der Waals surface area contributed by atoms with E-state index in [0.29, 0.717) is 16.9 Å². The molecule has 0 aromatic carbocycles. The summed E-state index contributed by atoms with van der Waals surface area (Å²) in [6.45, 7) is 10.4. The van der Waals surface area contributed by atoms with Crippen molar-refractivity contribution in [1.29, 1.82) is 0 Å². The lowest BCUT2D eigenvalue weighted by Gasteiger charge is -2.61. The van der Waals surface area contributed by atoms with Gasteiger partial charge < -0.3 is 10.4 Å². The molecule has 0 bridgehead atoms. The number of fused-ring (bicyclic) bond motifs is 5. The molecule has 0 radical (unpaired) electrons. The molecule has 4 rings (SSSR count). The van der Waals surface area contributed by atoms with Crippen molar-refractivity contribution >= 4 is 0 Å². The van der Waals surface area contributed by atoms with Crippen molar-refractivity contribution in [3.63, 3.8) is 0 Å². The van der Waals surface area contributed by atoms with Crippen molar-refractivity contribution < 1.29 is 5.11 Å². The smallest absolute Gasteiger partial charge is 0.0774 e. The first-order valence-electron chi connectivity index (χ1n) is 11.2. The molecule has 0 aromatic rings. The summed E-state index contributed by atoms with van der Waals surface area (Å²) in [6, 6.07) is 0.464. The molecule has 0 saturated heterocycles. The van der Waals surface area contributed by atoms with E-state index < -0.39 is 5.60 Å². The van der Waals surface area contributed by atoms with E-state index in [0.717, 1.165) is 43.1 Å². The summed E-state index contributed by atoms with van der Waals surface area (Å²) in [5.41, 5.74) is 0.704. The van der Waals surface area contributed by atoms with Gasteiger partial charge in [0.2, 0.25) is 0 Å². The predicted octanol–water partition coefficient (Wildman–Crippen LogP) is 5.15. The molecule has 2 nitrogen and oxygen atoms in total. The minimum absolute atomic E-state index is 0.460. The van der Waals surface area contributed by atoms with Gasteiger partial charge in [-0.15, -0.1) is 0 Å². The van der Waals surface area contributed by atoms with Crippen molar-refractivity contribution in [3.8, 4) is 0 Å². The van der Waals surface area contributed by atoms with Crippen molar-refractivity contribution in [2.24, 2.45) is 34.5 Å². The molecule has 0 amide bonds. The van der Waals surface area contributed by atoms with Crippen LogP contribution >= 0.6 is 0 Å². The Bertz CT molecular complexity index is 504. The van der Waals surface area contributed by atoms with Crippen LogP contribution in [0.3, 0.4) is 0 Å². The van der Waals surface area contributed by atoms with Gasteiger partial charge in [-0.1, -0.05) is 34.1 Å². The van der Waals surface area contributed by atoms with Gasteiger partial charge in [-0.3, -0.25) is 0 Å². The molecule has 0 heterocycles. The summed E-state index contributed by atoms with van der Waals surface area (Å²) < 4.78 is 0. The average molecular weight is 348 g/mol. The zero-order valence-corrected chi connectivity index (χ0v) is 17.1. The minimum Gasteiger partial charge on any atom is -0.389 e. The summed E-state index contributed by atoms with van der Waals surface area (Å²) in [5.74, 6) is 3.67. The molecule has 7 atom stereocenters. The zero-order chi connectivity index (χ0) is 17.9. The predicted molar refractivity (Wildman–Crippen MR) is 104 cm³/mol. The maximum absolute atomic E-state index is 11.2. The third-order valence-electron chi connectivity index (χ3n) is 9.44. The fourth-order valence-corrected chi connectivity index (χ4v) is 7.87. The highest BCUT2D eigenvalue weighted by atomic mass is 16.3. The van der Waals surface area contributed by atoms with Crippen LogP contribution in [-0.2, 0) is 0 Å². The van der Waals surface area contributed by atoms with Crippen LogP contribution in [0.5, 0.6) is 0 Å². The molecule has 0 spiro atoms. The van der Waals surface area contributed by atoms with E-state index in [1.165, 1.54) is 51.4 Å². The Labute approximate surface area is 155 Å². The van der Waals surface area contributed by atoms with Crippen LogP contribution in [0.2, 0.25) is 0 Å². The maximum Gasteiger partial charge on any atom is 0.0774 e. The van der Waals surface area contributed by atoms with E-state index in [1.807, 2.05) is 0 Å². The van der Waals surface area contributed by atoms with Crippen LogP contribution in [0.25, 0.3) is 0 Å². The van der Waals surface area contributed by atoms with Gasteiger partial charge in [0.15, 0.2) is 0 Å². The van der Waals surface area contributed by atoms with Gasteiger partial charge in [0.25, 0.3) is 0 Å². The normalized spacial score (nSPS) is 52.6. The van der Waals surface area contributed by atoms with Crippen molar-refractivity contribution in [2.75, 3.05) is 6.54 Å². The van der Waals surface area contributed by atoms with E-state index in [1.54, 1.807) is 0 Å². The minimum atomic E-state index is -0.460. The Morgan fingerprint density at radius 3 is 2.52 bits per heavy atom. The number of hydrogen-bond donors (Lipinski definition) is 2. The lowest BCUT2D eigenvalue weighted by Crippen LogP contribution is -2.57. The van der Waals surface area contributed by atoms with Gasteiger partial charge in [0, 0.05) is 12.6 Å². The number of aliphatic hydroxyl groups is 1. The molecule has 2 N–H and O–H groups in total. The largest absolute Gasteiger partial charge is 0.389 e. The Hall–Kier alpha value is -0.0800. The van der Waals surface area contributed by atoms with Crippen molar-refractivity contribution in [2.45, 2.75) is 104 Å². The molecule has 0 aromatic heterocycles. The van der Waals surface area contributed by atoms with Gasteiger partial charge in [-0.25, -0.2) is 0 Å². The molecule has 4 saturated carbocycles. The van der Waals surface area contributed by atoms with Gasteiger partial charge in [-0.05, 0) is 92.3 Å². The fourth-order valence-electron chi connectivity index (χ4n) is 7.87. The molecule has 25 heavy (non-hydrogen) atoms. The monoisotopic (exact) mass is 347 g/mol. The maximum atomic E-state index is 11.2. The Kier molecular flexibility index (Phi) is 4.56. The second kappa shape index (κ2) is 6.23. The van der Waals surface area contributed by atoms with Crippen LogP contribution in [0.15, 0.2) is 0 Å². The highest BCUT2D eigenvalue weighted by Crippen LogP contribution is 2.66. The topological polar surface area (TPSA) is 32.3 Å². The van der Waals surface area contributed by atoms with Crippen molar-refractivity contribution in [3.05, 3.63) is 0 Å². The first kappa shape index (κ1) is 18.3. The summed E-state index contributed by atoms with van der Waals surface area (Å²) in [6.07, 6.45) is 13.5. The Morgan fingerprint density at radius 1 is 0.960 bits per heavy atom. The molecule has 5 unspecified atom stereocenters. The van der Waals surface area contributed by atoms with Gasteiger partial charge in [0.05, 0.1) is 5.60 Å².